The average molecular weight is 417 g/mol. The van der Waals surface area contributed by atoms with Crippen LogP contribution in [0.15, 0.2) is 24.3 Å². The number of hydrogen-bond acceptors (Lipinski definition) is 5. The lowest BCUT2D eigenvalue weighted by Gasteiger charge is -2.23. The fourth-order valence-electron chi connectivity index (χ4n) is 4.16. The molecule has 1 aromatic carbocycles. The summed E-state index contributed by atoms with van der Waals surface area (Å²) in [5, 5.41) is 3.51. The van der Waals surface area contributed by atoms with E-state index in [4.69, 9.17) is 5.73 Å². The largest absolute Gasteiger partial charge is 0.370 e. The Morgan fingerprint density at radius 1 is 1.07 bits per heavy atom. The van der Waals surface area contributed by atoms with Gasteiger partial charge in [0.05, 0.1) is 12.1 Å². The molecule has 2 aromatic rings. The Balaban J connectivity index is 1.36. The highest BCUT2D eigenvalue weighted by atomic mass is 32.1. The van der Waals surface area contributed by atoms with Crippen molar-refractivity contribution in [2.45, 2.75) is 25.7 Å². The van der Waals surface area contributed by atoms with Crippen LogP contribution < -0.4 is 16.0 Å². The van der Waals surface area contributed by atoms with E-state index in [-0.39, 0.29) is 18.3 Å². The van der Waals surface area contributed by atoms with E-state index in [1.165, 1.54) is 28.3 Å². The Hall–Kier alpha value is -2.45. The summed E-state index contributed by atoms with van der Waals surface area (Å²) in [5.41, 5.74) is 8.08. The lowest BCUT2D eigenvalue weighted by atomic mass is 10.1. The molecule has 29 heavy (non-hydrogen) atoms. The number of fused-ring (bicyclic) bond motifs is 1. The van der Waals surface area contributed by atoms with Crippen LogP contribution in [0.5, 0.6) is 0 Å². The molecule has 1 aliphatic heterocycles. The van der Waals surface area contributed by atoms with Crippen molar-refractivity contribution in [3.8, 4) is 0 Å². The van der Waals surface area contributed by atoms with Crippen molar-refractivity contribution in [1.82, 2.24) is 4.90 Å². The Morgan fingerprint density at radius 3 is 2.62 bits per heavy atom. The summed E-state index contributed by atoms with van der Waals surface area (Å²) < 4.78 is 13.2. The maximum Gasteiger partial charge on any atom is 0.251 e. The minimum atomic E-state index is -0.468. The number of amides is 2. The van der Waals surface area contributed by atoms with Gasteiger partial charge in [-0.05, 0) is 55.5 Å². The Kier molecular flexibility index (Phi) is 5.82. The minimum Gasteiger partial charge on any atom is -0.370 e. The zero-order valence-electron chi connectivity index (χ0n) is 16.2. The number of nitrogens with one attached hydrogen (secondary N) is 1. The second kappa shape index (κ2) is 8.51. The van der Waals surface area contributed by atoms with E-state index in [2.05, 4.69) is 15.1 Å². The molecule has 6 nitrogen and oxygen atoms in total. The van der Waals surface area contributed by atoms with Gasteiger partial charge in [0.25, 0.3) is 5.91 Å². The Morgan fingerprint density at radius 2 is 1.86 bits per heavy atom. The molecule has 0 bridgehead atoms. The topological polar surface area (TPSA) is 78.7 Å². The third-order valence-electron chi connectivity index (χ3n) is 5.57. The molecule has 0 radical (unpaired) electrons. The molecule has 0 unspecified atom stereocenters. The molecule has 0 spiro atoms. The van der Waals surface area contributed by atoms with E-state index in [0.717, 1.165) is 63.1 Å². The lowest BCUT2D eigenvalue weighted by Crippen LogP contribution is -2.36. The van der Waals surface area contributed by atoms with Crippen molar-refractivity contribution in [3.05, 3.63) is 46.1 Å². The van der Waals surface area contributed by atoms with Gasteiger partial charge < -0.3 is 16.0 Å². The molecule has 2 aliphatic rings. The number of thiophene rings is 1. The predicted octanol–water partition coefficient (Wildman–Crippen LogP) is 2.63. The summed E-state index contributed by atoms with van der Waals surface area (Å²) in [6.07, 6.45) is 3.76. The predicted molar refractivity (Wildman–Crippen MR) is 113 cm³/mol. The zero-order chi connectivity index (χ0) is 20.4. The van der Waals surface area contributed by atoms with Gasteiger partial charge in [0.1, 0.15) is 10.8 Å². The minimum absolute atomic E-state index is 0.123. The van der Waals surface area contributed by atoms with E-state index in [1.807, 2.05) is 0 Å². The molecular formula is C21H25FN4O2S. The van der Waals surface area contributed by atoms with Gasteiger partial charge in [-0.15, -0.1) is 11.3 Å². The van der Waals surface area contributed by atoms with Crippen molar-refractivity contribution in [2.24, 2.45) is 5.73 Å². The maximum atomic E-state index is 13.2. The number of primary amides is 1. The number of anilines is 2. The standard InChI is InChI=1S/C21H25FN4O2S/c22-14-5-7-15(8-6-14)26-10-2-9-25(11-12-26)13-18(27)24-21-19(20(23)28)16-3-1-4-17(16)29-21/h5-8H,1-4,9-13H2,(H2,23,28)(H,24,27). The molecule has 3 N–H and O–H groups in total. The van der Waals surface area contributed by atoms with Gasteiger partial charge in [-0.25, -0.2) is 4.39 Å². The van der Waals surface area contributed by atoms with E-state index in [0.29, 0.717) is 10.6 Å². The van der Waals surface area contributed by atoms with Crippen LogP contribution in [0, 0.1) is 5.82 Å². The molecule has 4 rings (SSSR count). The third-order valence-corrected chi connectivity index (χ3v) is 6.78. The summed E-state index contributed by atoms with van der Waals surface area (Å²) in [6, 6.07) is 6.53. The first-order valence-electron chi connectivity index (χ1n) is 9.98. The van der Waals surface area contributed by atoms with Crippen LogP contribution in [0.4, 0.5) is 15.1 Å². The Bertz CT molecular complexity index is 912. The second-order valence-corrected chi connectivity index (χ2v) is 8.67. The van der Waals surface area contributed by atoms with Crippen LogP contribution in [0.1, 0.15) is 33.6 Å². The van der Waals surface area contributed by atoms with Crippen molar-refractivity contribution < 1.29 is 14.0 Å². The van der Waals surface area contributed by atoms with E-state index < -0.39 is 5.91 Å². The summed E-state index contributed by atoms with van der Waals surface area (Å²) in [5.74, 6) is -0.830. The summed E-state index contributed by atoms with van der Waals surface area (Å²) in [6.45, 7) is 3.48. The van der Waals surface area contributed by atoms with Gasteiger partial charge in [0.2, 0.25) is 5.91 Å². The average Bonchev–Trinajstić information content (AvgIpc) is 3.16. The Labute approximate surface area is 173 Å². The molecule has 8 heteroatoms. The lowest BCUT2D eigenvalue weighted by molar-refractivity contribution is -0.117. The van der Waals surface area contributed by atoms with Crippen molar-refractivity contribution in [2.75, 3.05) is 42.9 Å². The number of benzene rings is 1. The number of hydrogen-bond donors (Lipinski definition) is 2. The SMILES string of the molecule is NC(=O)c1c(NC(=O)CN2CCCN(c3ccc(F)cc3)CC2)sc2c1CCC2. The zero-order valence-corrected chi connectivity index (χ0v) is 17.1. The number of nitrogens with two attached hydrogens (primary N) is 1. The molecule has 1 fully saturated rings. The molecule has 0 saturated carbocycles. The highest BCUT2D eigenvalue weighted by molar-refractivity contribution is 7.17. The quantitative estimate of drug-likeness (QED) is 0.785. The number of rotatable bonds is 5. The molecule has 2 amide bonds. The normalized spacial score (nSPS) is 17.1. The fourth-order valence-corrected chi connectivity index (χ4v) is 5.47. The molecule has 154 valence electrons. The van der Waals surface area contributed by atoms with Gasteiger partial charge in [0.15, 0.2) is 0 Å². The molecule has 2 heterocycles. The molecule has 1 aromatic heterocycles. The number of carbonyl (C=O) groups is 2. The highest BCUT2D eigenvalue weighted by Crippen LogP contribution is 2.38. The van der Waals surface area contributed by atoms with Crippen LogP contribution in [-0.4, -0.2) is 49.4 Å². The number of halogens is 1. The number of nitrogens with zero attached hydrogens (tertiary/aromatic N) is 2. The van der Waals surface area contributed by atoms with Crippen molar-refractivity contribution in [3.63, 3.8) is 0 Å². The first kappa shape index (κ1) is 19.8. The van der Waals surface area contributed by atoms with Gasteiger partial charge in [-0.2, -0.15) is 0 Å². The summed E-state index contributed by atoms with van der Waals surface area (Å²) in [7, 11) is 0. The first-order chi connectivity index (χ1) is 14.0. The second-order valence-electron chi connectivity index (χ2n) is 7.57. The van der Waals surface area contributed by atoms with Crippen LogP contribution in [-0.2, 0) is 17.6 Å². The first-order valence-corrected chi connectivity index (χ1v) is 10.8. The maximum absolute atomic E-state index is 13.2. The monoisotopic (exact) mass is 416 g/mol. The van der Waals surface area contributed by atoms with Crippen LogP contribution >= 0.6 is 11.3 Å². The molecule has 0 atom stereocenters. The highest BCUT2D eigenvalue weighted by Gasteiger charge is 2.26. The van der Waals surface area contributed by atoms with Crippen molar-refractivity contribution >= 4 is 33.8 Å². The van der Waals surface area contributed by atoms with Gasteiger partial charge >= 0.3 is 0 Å². The van der Waals surface area contributed by atoms with Gasteiger partial charge in [-0.3, -0.25) is 14.5 Å². The number of carbonyl (C=O) groups excluding carboxylic acids is 2. The molecule has 1 aliphatic carbocycles. The molecule has 1 saturated heterocycles. The third kappa shape index (κ3) is 4.43. The van der Waals surface area contributed by atoms with Crippen molar-refractivity contribution in [1.29, 1.82) is 0 Å². The summed E-state index contributed by atoms with van der Waals surface area (Å²) >= 11 is 1.48. The van der Waals surface area contributed by atoms with E-state index >= 15 is 0 Å². The number of aryl methyl sites for hydroxylation is 1. The molecular weight excluding hydrogens is 391 g/mol. The smallest absolute Gasteiger partial charge is 0.251 e. The summed E-state index contributed by atoms with van der Waals surface area (Å²) in [4.78, 5) is 30.0. The van der Waals surface area contributed by atoms with Crippen LogP contribution in [0.3, 0.4) is 0 Å². The van der Waals surface area contributed by atoms with Gasteiger partial charge in [0, 0.05) is 36.7 Å². The van der Waals surface area contributed by atoms with Gasteiger partial charge in [-0.1, -0.05) is 0 Å². The fraction of sp³-hybridized carbons (Fsp3) is 0.429. The van der Waals surface area contributed by atoms with Crippen LogP contribution in [0.25, 0.3) is 0 Å². The van der Waals surface area contributed by atoms with E-state index in [9.17, 15) is 14.0 Å². The van der Waals surface area contributed by atoms with Crippen LogP contribution in [0.2, 0.25) is 0 Å². The van der Waals surface area contributed by atoms with E-state index in [1.54, 1.807) is 12.1 Å².